The van der Waals surface area contributed by atoms with Crippen molar-refractivity contribution < 1.29 is 22.8 Å². The zero-order chi connectivity index (χ0) is 26.9. The molecule has 1 aromatic heterocycles. The lowest BCUT2D eigenvalue weighted by Gasteiger charge is -2.37. The number of hydrogen-bond donors (Lipinski definition) is 1. The average Bonchev–Trinajstić information content (AvgIpc) is 2.82. The Labute approximate surface area is 211 Å². The fraction of sp³-hybridized carbons (Fsp3) is 0.519. The number of aldehydes is 1. The summed E-state index contributed by atoms with van der Waals surface area (Å²) in [5.74, 6) is 1.15. The number of pyridine rings is 1. The van der Waals surface area contributed by atoms with E-state index in [9.17, 15) is 18.0 Å². The van der Waals surface area contributed by atoms with Gasteiger partial charge in [-0.1, -0.05) is 45.0 Å². The monoisotopic (exact) mass is 506 g/mol. The van der Waals surface area contributed by atoms with Crippen LogP contribution in [0.25, 0.3) is 11.1 Å². The first-order valence-corrected chi connectivity index (χ1v) is 12.1. The molecule has 1 aliphatic rings. The second-order valence-corrected chi connectivity index (χ2v) is 10.4. The molecule has 0 unspecified atom stereocenters. The van der Waals surface area contributed by atoms with Gasteiger partial charge in [0.2, 0.25) is 12.2 Å². The maximum atomic E-state index is 12.0. The van der Waals surface area contributed by atoms with Crippen LogP contribution in [0.2, 0.25) is 0 Å². The summed E-state index contributed by atoms with van der Waals surface area (Å²) in [6.45, 7) is 15.5. The van der Waals surface area contributed by atoms with Gasteiger partial charge < -0.3 is 10.2 Å². The van der Waals surface area contributed by atoms with Crippen molar-refractivity contribution in [1.82, 2.24) is 15.2 Å². The van der Waals surface area contributed by atoms with Crippen molar-refractivity contribution >= 4 is 18.0 Å². The molecule has 1 aliphatic heterocycles. The quantitative estimate of drug-likeness (QED) is 0.554. The number of carbonyl (C=O) groups excluding carboxylic acids is 2. The molecule has 0 atom stereocenters. The van der Waals surface area contributed by atoms with E-state index in [0.29, 0.717) is 19.0 Å². The number of nitrogens with one attached hydrogen (secondary N) is 1. The van der Waals surface area contributed by atoms with Crippen molar-refractivity contribution in [2.45, 2.75) is 59.8 Å². The van der Waals surface area contributed by atoms with Crippen molar-refractivity contribution in [1.29, 1.82) is 0 Å². The van der Waals surface area contributed by atoms with Crippen LogP contribution in [-0.2, 0) is 16.1 Å². The largest absolute Gasteiger partial charge is 0.446 e. The molecule has 0 spiro atoms. The summed E-state index contributed by atoms with van der Waals surface area (Å²) in [5, 5.41) is 3.01. The highest BCUT2D eigenvalue weighted by molar-refractivity contribution is 5.76. The first-order valence-electron chi connectivity index (χ1n) is 12.1. The van der Waals surface area contributed by atoms with Gasteiger partial charge in [-0.2, -0.15) is 13.2 Å². The van der Waals surface area contributed by atoms with Gasteiger partial charge in [0.25, 0.3) is 0 Å². The van der Waals surface area contributed by atoms with E-state index in [0.717, 1.165) is 48.7 Å². The average molecular weight is 507 g/mol. The first-order chi connectivity index (χ1) is 16.8. The minimum absolute atomic E-state index is 0.00904. The van der Waals surface area contributed by atoms with Gasteiger partial charge in [0.1, 0.15) is 5.82 Å². The third-order valence-electron chi connectivity index (χ3n) is 5.72. The molecule has 2 aromatic rings. The fourth-order valence-corrected chi connectivity index (χ4v) is 3.77. The van der Waals surface area contributed by atoms with Crippen LogP contribution in [-0.4, -0.2) is 60.5 Å². The zero-order valence-electron chi connectivity index (χ0n) is 21.7. The zero-order valence-corrected chi connectivity index (χ0v) is 21.7. The normalized spacial score (nSPS) is 14.8. The van der Waals surface area contributed by atoms with Crippen molar-refractivity contribution in [3.63, 3.8) is 0 Å². The van der Waals surface area contributed by atoms with Gasteiger partial charge in [0.15, 0.2) is 0 Å². The van der Waals surface area contributed by atoms with E-state index in [4.69, 9.17) is 9.78 Å². The van der Waals surface area contributed by atoms with Gasteiger partial charge >= 0.3 is 6.18 Å². The number of amides is 1. The molecule has 0 bridgehead atoms. The number of anilines is 1. The van der Waals surface area contributed by atoms with Gasteiger partial charge in [-0.25, -0.2) is 4.98 Å². The summed E-state index contributed by atoms with van der Waals surface area (Å²) < 4.78 is 31.2. The Morgan fingerprint density at radius 1 is 1.00 bits per heavy atom. The van der Waals surface area contributed by atoms with Crippen LogP contribution in [0.3, 0.4) is 0 Å². The molecular formula is C27H37F3N4O2. The maximum absolute atomic E-state index is 12.0. The summed E-state index contributed by atoms with van der Waals surface area (Å²) in [6, 6.07) is 13.2. The number of hydrogen-bond acceptors (Lipinski definition) is 5. The van der Waals surface area contributed by atoms with E-state index in [1.54, 1.807) is 0 Å². The molecule has 36 heavy (non-hydrogen) atoms. The molecule has 6 nitrogen and oxygen atoms in total. The van der Waals surface area contributed by atoms with Crippen molar-refractivity contribution in [2.24, 2.45) is 5.41 Å². The summed E-state index contributed by atoms with van der Waals surface area (Å²) in [5.41, 5.74) is 3.37. The Hall–Kier alpha value is -2.94. The number of aromatic nitrogens is 1. The highest BCUT2D eigenvalue weighted by atomic mass is 19.4. The molecule has 1 fully saturated rings. The number of halogens is 3. The van der Waals surface area contributed by atoms with Gasteiger partial charge in [0.05, 0.1) is 0 Å². The second kappa shape index (κ2) is 12.9. The Bertz CT molecular complexity index is 960. The summed E-state index contributed by atoms with van der Waals surface area (Å²) in [4.78, 5) is 30.3. The molecule has 0 aliphatic carbocycles. The van der Waals surface area contributed by atoms with Gasteiger partial charge in [-0.05, 0) is 42.5 Å². The molecule has 2 heterocycles. The topological polar surface area (TPSA) is 65.5 Å². The Morgan fingerprint density at radius 2 is 1.56 bits per heavy atom. The van der Waals surface area contributed by atoms with Crippen molar-refractivity contribution in [3.8, 4) is 11.1 Å². The molecule has 3 rings (SSSR count). The summed E-state index contributed by atoms with van der Waals surface area (Å²) >= 11 is 0. The number of rotatable bonds is 6. The van der Waals surface area contributed by atoms with E-state index >= 15 is 0 Å². The predicted octanol–water partition coefficient (Wildman–Crippen LogP) is 5.08. The standard InChI is InChI=1S/C25H36N4O.C2HF3O/c1-19(2)28-12-14-29(15-13-28)23-11-10-22(18-26-23)21-8-6-20(7-9-21)17-27-24(30)16-25(3,4)5;3-2(4,5)1-6/h6-11,18-19H,12-17H2,1-5H3,(H,27,30);1H. The predicted molar refractivity (Wildman–Crippen MR) is 137 cm³/mol. The number of alkyl halides is 3. The first kappa shape index (κ1) is 29.3. The molecule has 0 saturated carbocycles. The lowest BCUT2D eigenvalue weighted by atomic mass is 9.92. The lowest BCUT2D eigenvalue weighted by Crippen LogP contribution is -2.49. The highest BCUT2D eigenvalue weighted by Crippen LogP contribution is 2.23. The summed E-state index contributed by atoms with van der Waals surface area (Å²) in [6.07, 6.45) is -3.20. The molecule has 1 N–H and O–H groups in total. The number of nitrogens with zero attached hydrogens (tertiary/aromatic N) is 3. The molecule has 1 amide bonds. The van der Waals surface area contributed by atoms with Crippen LogP contribution >= 0.6 is 0 Å². The maximum Gasteiger partial charge on any atom is 0.446 e. The van der Waals surface area contributed by atoms with Gasteiger partial charge in [0, 0.05) is 56.9 Å². The SMILES string of the molecule is CC(C)N1CCN(c2ccc(-c3ccc(CNC(=O)CC(C)(C)C)cc3)cn2)CC1.O=CC(F)(F)F. The molecular weight excluding hydrogens is 469 g/mol. The molecule has 1 aromatic carbocycles. The van der Waals surface area contributed by atoms with E-state index < -0.39 is 12.5 Å². The van der Waals surface area contributed by atoms with Crippen LogP contribution in [0.5, 0.6) is 0 Å². The highest BCUT2D eigenvalue weighted by Gasteiger charge is 2.25. The van der Waals surface area contributed by atoms with Crippen LogP contribution in [0.1, 0.15) is 46.6 Å². The van der Waals surface area contributed by atoms with Crippen molar-refractivity contribution in [2.75, 3.05) is 31.1 Å². The Morgan fingerprint density at radius 3 is 2.00 bits per heavy atom. The third kappa shape index (κ3) is 10.4. The second-order valence-electron chi connectivity index (χ2n) is 10.4. The van der Waals surface area contributed by atoms with Crippen LogP contribution in [0.4, 0.5) is 19.0 Å². The Kier molecular flexibility index (Phi) is 10.5. The van der Waals surface area contributed by atoms with Crippen LogP contribution < -0.4 is 10.2 Å². The van der Waals surface area contributed by atoms with Gasteiger partial charge in [-0.3, -0.25) is 14.5 Å². The molecule has 9 heteroatoms. The third-order valence-corrected chi connectivity index (χ3v) is 5.72. The van der Waals surface area contributed by atoms with Gasteiger partial charge in [-0.15, -0.1) is 0 Å². The molecule has 0 radical (unpaired) electrons. The van der Waals surface area contributed by atoms with E-state index in [1.165, 1.54) is 0 Å². The number of piperazine rings is 1. The minimum Gasteiger partial charge on any atom is -0.354 e. The van der Waals surface area contributed by atoms with E-state index in [2.05, 4.69) is 86.1 Å². The lowest BCUT2D eigenvalue weighted by molar-refractivity contribution is -0.156. The van der Waals surface area contributed by atoms with E-state index in [-0.39, 0.29) is 11.3 Å². The number of carbonyl (C=O) groups is 2. The smallest absolute Gasteiger partial charge is 0.354 e. The van der Waals surface area contributed by atoms with E-state index in [1.807, 2.05) is 6.20 Å². The fourth-order valence-electron chi connectivity index (χ4n) is 3.77. The Balaban J connectivity index is 0.000000678. The molecule has 1 saturated heterocycles. The number of benzene rings is 1. The van der Waals surface area contributed by atoms with Crippen molar-refractivity contribution in [3.05, 3.63) is 48.2 Å². The van der Waals surface area contributed by atoms with Crippen LogP contribution in [0.15, 0.2) is 42.6 Å². The minimum atomic E-state index is -4.64. The molecule has 198 valence electrons. The summed E-state index contributed by atoms with van der Waals surface area (Å²) in [7, 11) is 0. The van der Waals surface area contributed by atoms with Crippen LogP contribution in [0, 0.1) is 5.41 Å².